The van der Waals surface area contributed by atoms with Gasteiger partial charge in [-0.3, -0.25) is 4.79 Å². The zero-order valence-corrected chi connectivity index (χ0v) is 13.2. The van der Waals surface area contributed by atoms with Crippen LogP contribution < -0.4 is 14.2 Å². The number of benzene rings is 2. The molecular weight excluding hydrogens is 294 g/mol. The molecule has 0 aliphatic carbocycles. The highest BCUT2D eigenvalue weighted by atomic mass is 16.5. The molecule has 0 aliphatic rings. The minimum absolute atomic E-state index is 0.110. The third-order valence-corrected chi connectivity index (χ3v) is 3.75. The topological polar surface area (TPSA) is 60.5 Å². The number of hydrogen-bond donors (Lipinski definition) is 1. The van der Waals surface area contributed by atoms with Gasteiger partial charge < -0.3 is 19.2 Å². The Labute approximate surface area is 133 Å². The van der Waals surface area contributed by atoms with Gasteiger partial charge in [-0.2, -0.15) is 0 Å². The largest absolute Gasteiger partial charge is 0.497 e. The molecule has 5 heteroatoms. The second-order valence-electron chi connectivity index (χ2n) is 5.04. The van der Waals surface area contributed by atoms with Crippen LogP contribution in [0.1, 0.15) is 15.9 Å². The summed E-state index contributed by atoms with van der Waals surface area (Å²) < 4.78 is 15.7. The van der Waals surface area contributed by atoms with Crippen molar-refractivity contribution in [2.75, 3.05) is 21.3 Å². The first-order valence-corrected chi connectivity index (χ1v) is 7.09. The Balaban J connectivity index is 2.10. The number of nitrogens with one attached hydrogen (secondary N) is 1. The van der Waals surface area contributed by atoms with Gasteiger partial charge in [-0.15, -0.1) is 0 Å². The average Bonchev–Trinajstić information content (AvgIpc) is 3.03. The number of aromatic nitrogens is 1. The van der Waals surface area contributed by atoms with Crippen LogP contribution in [-0.2, 0) is 0 Å². The Kier molecular flexibility index (Phi) is 3.93. The van der Waals surface area contributed by atoms with Crippen LogP contribution in [0.2, 0.25) is 0 Å². The van der Waals surface area contributed by atoms with Gasteiger partial charge in [0.05, 0.1) is 21.3 Å². The fourth-order valence-electron chi connectivity index (χ4n) is 2.51. The minimum atomic E-state index is -0.110. The van der Waals surface area contributed by atoms with Gasteiger partial charge in [-0.25, -0.2) is 0 Å². The maximum atomic E-state index is 12.9. The number of carbonyl (C=O) groups excluding carboxylic acids is 1. The predicted octanol–water partition coefficient (Wildman–Crippen LogP) is 3.42. The average molecular weight is 311 g/mol. The van der Waals surface area contributed by atoms with Gasteiger partial charge in [0.15, 0.2) is 5.78 Å². The number of rotatable bonds is 5. The number of ketones is 1. The molecule has 1 heterocycles. The molecule has 0 unspecified atom stereocenters. The van der Waals surface area contributed by atoms with E-state index in [9.17, 15) is 4.79 Å². The molecule has 3 aromatic rings. The maximum absolute atomic E-state index is 12.9. The van der Waals surface area contributed by atoms with E-state index in [1.807, 2.05) is 18.2 Å². The second-order valence-corrected chi connectivity index (χ2v) is 5.04. The summed E-state index contributed by atoms with van der Waals surface area (Å²) in [7, 11) is 4.71. The zero-order chi connectivity index (χ0) is 16.4. The number of carbonyl (C=O) groups is 1. The van der Waals surface area contributed by atoms with E-state index >= 15 is 0 Å². The summed E-state index contributed by atoms with van der Waals surface area (Å²) in [6, 6.07) is 10.7. The summed E-state index contributed by atoms with van der Waals surface area (Å²) in [5.41, 5.74) is 1.96. The highest BCUT2D eigenvalue weighted by molar-refractivity contribution is 6.16. The van der Waals surface area contributed by atoms with Gasteiger partial charge in [0.2, 0.25) is 0 Å². The lowest BCUT2D eigenvalue weighted by molar-refractivity contribution is 0.103. The molecule has 0 saturated heterocycles. The van der Waals surface area contributed by atoms with Gasteiger partial charge in [0.25, 0.3) is 0 Å². The van der Waals surface area contributed by atoms with E-state index in [1.165, 1.54) is 0 Å². The number of ether oxygens (including phenoxy) is 3. The van der Waals surface area contributed by atoms with Crippen molar-refractivity contribution < 1.29 is 19.0 Å². The van der Waals surface area contributed by atoms with Gasteiger partial charge in [-0.1, -0.05) is 0 Å². The van der Waals surface area contributed by atoms with Gasteiger partial charge >= 0.3 is 0 Å². The third kappa shape index (κ3) is 2.73. The van der Waals surface area contributed by atoms with Crippen molar-refractivity contribution in [1.29, 1.82) is 0 Å². The molecule has 118 valence electrons. The van der Waals surface area contributed by atoms with Crippen molar-refractivity contribution in [3.63, 3.8) is 0 Å². The molecule has 1 N–H and O–H groups in total. The van der Waals surface area contributed by atoms with Crippen LogP contribution in [0.25, 0.3) is 10.9 Å². The van der Waals surface area contributed by atoms with E-state index in [0.29, 0.717) is 28.4 Å². The number of hydrogen-bond acceptors (Lipinski definition) is 4. The summed E-state index contributed by atoms with van der Waals surface area (Å²) in [5.74, 6) is 1.74. The van der Waals surface area contributed by atoms with E-state index in [1.54, 1.807) is 45.7 Å². The molecule has 0 radical (unpaired) electrons. The van der Waals surface area contributed by atoms with Crippen molar-refractivity contribution in [2.24, 2.45) is 0 Å². The van der Waals surface area contributed by atoms with E-state index < -0.39 is 0 Å². The minimum Gasteiger partial charge on any atom is -0.497 e. The summed E-state index contributed by atoms with van der Waals surface area (Å²) in [6.07, 6.45) is 1.71. The summed E-state index contributed by atoms with van der Waals surface area (Å²) >= 11 is 0. The molecule has 0 atom stereocenters. The molecule has 3 rings (SSSR count). The van der Waals surface area contributed by atoms with Crippen LogP contribution in [0.4, 0.5) is 0 Å². The first kappa shape index (κ1) is 15.0. The molecule has 0 fully saturated rings. The molecule has 0 aliphatic heterocycles. The fraction of sp³-hybridized carbons (Fsp3) is 0.167. The monoisotopic (exact) mass is 311 g/mol. The van der Waals surface area contributed by atoms with Gasteiger partial charge in [-0.05, 0) is 30.3 Å². The number of H-pyrrole nitrogens is 1. The Morgan fingerprint density at radius 3 is 2.13 bits per heavy atom. The molecule has 0 spiro atoms. The first-order valence-electron chi connectivity index (χ1n) is 7.09. The van der Waals surface area contributed by atoms with Crippen molar-refractivity contribution in [3.05, 3.63) is 53.7 Å². The highest BCUT2D eigenvalue weighted by Gasteiger charge is 2.16. The molecule has 1 aromatic heterocycles. The first-order chi connectivity index (χ1) is 11.2. The SMILES string of the molecule is COc1cc(OC)cc(C(=O)c2c[nH]c3ccc(OC)cc23)c1. The van der Waals surface area contributed by atoms with Gasteiger partial charge in [0, 0.05) is 34.3 Å². The lowest BCUT2D eigenvalue weighted by Gasteiger charge is -2.08. The smallest absolute Gasteiger partial charge is 0.195 e. The fourth-order valence-corrected chi connectivity index (χ4v) is 2.51. The Bertz CT molecular complexity index is 844. The van der Waals surface area contributed by atoms with Crippen molar-refractivity contribution in [2.45, 2.75) is 0 Å². The van der Waals surface area contributed by atoms with Crippen molar-refractivity contribution >= 4 is 16.7 Å². The normalized spacial score (nSPS) is 10.6. The Hall–Kier alpha value is -2.95. The molecule has 0 bridgehead atoms. The van der Waals surface area contributed by atoms with E-state index in [2.05, 4.69) is 4.98 Å². The highest BCUT2D eigenvalue weighted by Crippen LogP contribution is 2.28. The van der Waals surface area contributed by atoms with Crippen LogP contribution in [0, 0.1) is 0 Å². The Morgan fingerprint density at radius 1 is 0.870 bits per heavy atom. The predicted molar refractivity (Wildman–Crippen MR) is 87.8 cm³/mol. The molecule has 5 nitrogen and oxygen atoms in total. The molecular formula is C18H17NO4. The standard InChI is InChI=1S/C18H17NO4/c1-21-12-4-5-17-15(9-12)16(10-19-17)18(20)11-6-13(22-2)8-14(7-11)23-3/h4-10,19H,1-3H3. The van der Waals surface area contributed by atoms with Gasteiger partial charge in [0.1, 0.15) is 17.2 Å². The third-order valence-electron chi connectivity index (χ3n) is 3.75. The van der Waals surface area contributed by atoms with Crippen molar-refractivity contribution in [1.82, 2.24) is 4.98 Å². The Morgan fingerprint density at radius 2 is 1.52 bits per heavy atom. The number of fused-ring (bicyclic) bond motifs is 1. The van der Waals surface area contributed by atoms with Crippen LogP contribution in [0.15, 0.2) is 42.6 Å². The molecule has 23 heavy (non-hydrogen) atoms. The van der Waals surface area contributed by atoms with E-state index in [4.69, 9.17) is 14.2 Å². The van der Waals surface area contributed by atoms with E-state index in [0.717, 1.165) is 10.9 Å². The quantitative estimate of drug-likeness (QED) is 0.733. The molecule has 0 saturated carbocycles. The second kappa shape index (κ2) is 6.04. The van der Waals surface area contributed by atoms with Crippen LogP contribution >= 0.6 is 0 Å². The summed E-state index contributed by atoms with van der Waals surface area (Å²) in [4.78, 5) is 16.0. The molecule has 0 amide bonds. The van der Waals surface area contributed by atoms with Crippen LogP contribution in [0.5, 0.6) is 17.2 Å². The zero-order valence-electron chi connectivity index (χ0n) is 13.2. The van der Waals surface area contributed by atoms with Crippen LogP contribution in [0.3, 0.4) is 0 Å². The number of aromatic amines is 1. The lowest BCUT2D eigenvalue weighted by Crippen LogP contribution is -2.02. The number of methoxy groups -OCH3 is 3. The van der Waals surface area contributed by atoms with E-state index in [-0.39, 0.29) is 5.78 Å². The van der Waals surface area contributed by atoms with Crippen molar-refractivity contribution in [3.8, 4) is 17.2 Å². The summed E-state index contributed by atoms with van der Waals surface area (Å²) in [6.45, 7) is 0. The lowest BCUT2D eigenvalue weighted by atomic mass is 10.0. The summed E-state index contributed by atoms with van der Waals surface area (Å²) in [5, 5.41) is 0.816. The molecule has 2 aromatic carbocycles. The van der Waals surface area contributed by atoms with Crippen LogP contribution in [-0.4, -0.2) is 32.1 Å². The maximum Gasteiger partial charge on any atom is 0.195 e.